The van der Waals surface area contributed by atoms with Gasteiger partial charge in [-0.2, -0.15) is 5.10 Å². The van der Waals surface area contributed by atoms with E-state index in [0.717, 1.165) is 27.4 Å². The number of rotatable bonds is 8. The molecule has 1 aromatic heterocycles. The van der Waals surface area contributed by atoms with Crippen LogP contribution >= 0.6 is 11.6 Å². The van der Waals surface area contributed by atoms with Gasteiger partial charge in [-0.1, -0.05) is 73.1 Å². The fourth-order valence-corrected chi connectivity index (χ4v) is 3.87. The number of hydrogen-bond acceptors (Lipinski definition) is 3. The lowest BCUT2D eigenvalue weighted by molar-refractivity contribution is -0.118. The maximum Gasteiger partial charge on any atom is 0.246 e. The second kappa shape index (κ2) is 10.5. The Balaban J connectivity index is 1.46. The predicted octanol–water partition coefficient (Wildman–Crippen LogP) is 5.81. The predicted molar refractivity (Wildman–Crippen MR) is 134 cm³/mol. The Morgan fingerprint density at radius 2 is 1.64 bits per heavy atom. The number of nitrogens with one attached hydrogen (secondary N) is 2. The normalized spacial score (nSPS) is 12.8. The van der Waals surface area contributed by atoms with Gasteiger partial charge in [0.1, 0.15) is 6.04 Å². The second-order valence-corrected chi connectivity index (χ2v) is 8.61. The molecule has 6 heteroatoms. The van der Waals surface area contributed by atoms with Crippen molar-refractivity contribution >= 4 is 23.2 Å². The van der Waals surface area contributed by atoms with Crippen molar-refractivity contribution in [2.24, 2.45) is 7.05 Å². The van der Waals surface area contributed by atoms with Crippen molar-refractivity contribution in [1.82, 2.24) is 15.1 Å². The van der Waals surface area contributed by atoms with Crippen LogP contribution in [0.4, 0.5) is 5.69 Å². The molecular formula is C27H27ClN4O. The molecule has 33 heavy (non-hydrogen) atoms. The Hall–Kier alpha value is -3.41. The third kappa shape index (κ3) is 5.89. The van der Waals surface area contributed by atoms with E-state index in [9.17, 15) is 4.79 Å². The molecule has 0 aliphatic rings. The van der Waals surface area contributed by atoms with Crippen molar-refractivity contribution in [2.45, 2.75) is 18.9 Å². The van der Waals surface area contributed by atoms with Crippen molar-refractivity contribution in [1.29, 1.82) is 0 Å². The van der Waals surface area contributed by atoms with Crippen LogP contribution in [-0.2, 0) is 11.8 Å². The summed E-state index contributed by atoms with van der Waals surface area (Å²) in [5.74, 6) is 0.124. The Bertz CT molecular complexity index is 1190. The molecule has 0 unspecified atom stereocenters. The van der Waals surface area contributed by atoms with Crippen LogP contribution in [0.3, 0.4) is 0 Å². The number of aromatic nitrogens is 2. The van der Waals surface area contributed by atoms with Crippen LogP contribution in [0.25, 0.3) is 11.1 Å². The van der Waals surface area contributed by atoms with E-state index in [2.05, 4.69) is 22.7 Å². The van der Waals surface area contributed by atoms with Gasteiger partial charge in [0.15, 0.2) is 0 Å². The molecule has 0 radical (unpaired) electrons. The van der Waals surface area contributed by atoms with Crippen molar-refractivity contribution in [3.63, 3.8) is 0 Å². The molecule has 0 fully saturated rings. The zero-order valence-electron chi connectivity index (χ0n) is 18.7. The van der Waals surface area contributed by atoms with Gasteiger partial charge in [-0.3, -0.25) is 9.48 Å². The van der Waals surface area contributed by atoms with Crippen molar-refractivity contribution in [3.8, 4) is 11.1 Å². The highest BCUT2D eigenvalue weighted by atomic mass is 35.5. The quantitative estimate of drug-likeness (QED) is 0.350. The number of amides is 1. The molecule has 0 saturated heterocycles. The number of carbonyl (C=O) groups excluding carboxylic acids is 1. The molecule has 168 valence electrons. The Kier molecular flexibility index (Phi) is 7.23. The molecule has 2 N–H and O–H groups in total. The van der Waals surface area contributed by atoms with Gasteiger partial charge in [-0.25, -0.2) is 0 Å². The molecule has 0 aliphatic heterocycles. The number of anilines is 1. The summed E-state index contributed by atoms with van der Waals surface area (Å²) in [4.78, 5) is 13.3. The van der Waals surface area contributed by atoms with Crippen LogP contribution in [0.15, 0.2) is 91.3 Å². The van der Waals surface area contributed by atoms with E-state index in [1.165, 1.54) is 5.56 Å². The lowest BCUT2D eigenvalue weighted by atomic mass is 9.99. The van der Waals surface area contributed by atoms with Gasteiger partial charge in [-0.05, 0) is 46.9 Å². The van der Waals surface area contributed by atoms with Crippen molar-refractivity contribution < 1.29 is 4.79 Å². The molecule has 0 saturated carbocycles. The maximum absolute atomic E-state index is 13.3. The first-order valence-corrected chi connectivity index (χ1v) is 11.3. The number of halogens is 1. The maximum atomic E-state index is 13.3. The third-order valence-electron chi connectivity index (χ3n) is 5.65. The lowest BCUT2D eigenvalue weighted by Gasteiger charge is -2.22. The summed E-state index contributed by atoms with van der Waals surface area (Å²) in [5.41, 5.74) is 4.93. The molecule has 3 aromatic carbocycles. The third-order valence-corrected chi connectivity index (χ3v) is 5.90. The van der Waals surface area contributed by atoms with E-state index < -0.39 is 6.04 Å². The first kappa shape index (κ1) is 22.8. The minimum atomic E-state index is -0.473. The monoisotopic (exact) mass is 458 g/mol. The molecule has 4 rings (SSSR count). The lowest BCUT2D eigenvalue weighted by Crippen LogP contribution is -2.35. The SMILES string of the molecule is C[C@@H](CN[C@H](C(=O)Nc1ccc(-c2cnn(C)c2)cc1)c1ccccc1)c1ccc(Cl)cc1. The highest BCUT2D eigenvalue weighted by Crippen LogP contribution is 2.23. The van der Waals surface area contributed by atoms with E-state index in [1.807, 2.05) is 98.3 Å². The number of carbonyl (C=O) groups is 1. The molecule has 1 amide bonds. The van der Waals surface area contributed by atoms with E-state index in [4.69, 9.17) is 11.6 Å². The average Bonchev–Trinajstić information content (AvgIpc) is 3.27. The summed E-state index contributed by atoms with van der Waals surface area (Å²) < 4.78 is 1.77. The molecule has 0 aliphatic carbocycles. The number of aryl methyl sites for hydroxylation is 1. The zero-order valence-corrected chi connectivity index (χ0v) is 19.5. The number of benzene rings is 3. The highest BCUT2D eigenvalue weighted by Gasteiger charge is 2.21. The Morgan fingerprint density at radius 3 is 2.27 bits per heavy atom. The van der Waals surface area contributed by atoms with Crippen LogP contribution in [0.5, 0.6) is 0 Å². The van der Waals surface area contributed by atoms with E-state index in [0.29, 0.717) is 6.54 Å². The molecular weight excluding hydrogens is 432 g/mol. The molecule has 0 bridgehead atoms. The van der Waals surface area contributed by atoms with Gasteiger partial charge < -0.3 is 10.6 Å². The van der Waals surface area contributed by atoms with Crippen LogP contribution in [0, 0.1) is 0 Å². The molecule has 4 aromatic rings. The van der Waals surface area contributed by atoms with Gasteiger partial charge in [0.05, 0.1) is 6.20 Å². The van der Waals surface area contributed by atoms with Gasteiger partial charge in [0.25, 0.3) is 0 Å². The molecule has 1 heterocycles. The van der Waals surface area contributed by atoms with E-state index >= 15 is 0 Å². The molecule has 2 atom stereocenters. The van der Waals surface area contributed by atoms with Crippen LogP contribution in [0.1, 0.15) is 30.0 Å². The van der Waals surface area contributed by atoms with E-state index in [1.54, 1.807) is 4.68 Å². The van der Waals surface area contributed by atoms with Crippen molar-refractivity contribution in [3.05, 3.63) is 107 Å². The summed E-state index contributed by atoms with van der Waals surface area (Å²) in [6, 6.07) is 24.9. The van der Waals surface area contributed by atoms with Gasteiger partial charge in [-0.15, -0.1) is 0 Å². The first-order chi connectivity index (χ1) is 16.0. The molecule has 5 nitrogen and oxygen atoms in total. The fourth-order valence-electron chi connectivity index (χ4n) is 3.74. The standard InChI is InChI=1S/C27H27ClN4O/c1-19(20-8-12-24(28)13-9-20)16-29-26(22-6-4-3-5-7-22)27(33)31-25-14-10-21(11-15-25)23-17-30-32(2)18-23/h3-15,17-19,26,29H,16H2,1-2H3,(H,31,33)/t19-,26-/m0/s1. The summed E-state index contributed by atoms with van der Waals surface area (Å²) in [6.45, 7) is 2.78. The van der Waals surface area contributed by atoms with Gasteiger partial charge in [0, 0.05) is 36.1 Å². The Labute approximate surface area is 199 Å². The number of hydrogen-bond donors (Lipinski definition) is 2. The molecule has 0 spiro atoms. The summed E-state index contributed by atoms with van der Waals surface area (Å²) in [6.07, 6.45) is 3.79. The smallest absolute Gasteiger partial charge is 0.246 e. The summed E-state index contributed by atoms with van der Waals surface area (Å²) in [7, 11) is 1.89. The minimum absolute atomic E-state index is 0.0985. The summed E-state index contributed by atoms with van der Waals surface area (Å²) >= 11 is 6.02. The van der Waals surface area contributed by atoms with Gasteiger partial charge >= 0.3 is 0 Å². The van der Waals surface area contributed by atoms with Gasteiger partial charge in [0.2, 0.25) is 5.91 Å². The topological polar surface area (TPSA) is 59.0 Å². The average molecular weight is 459 g/mol. The largest absolute Gasteiger partial charge is 0.324 e. The van der Waals surface area contributed by atoms with Crippen LogP contribution in [-0.4, -0.2) is 22.2 Å². The summed E-state index contributed by atoms with van der Waals surface area (Å²) in [5, 5.41) is 11.4. The highest BCUT2D eigenvalue weighted by molar-refractivity contribution is 6.30. The fraction of sp³-hybridized carbons (Fsp3) is 0.185. The second-order valence-electron chi connectivity index (χ2n) is 8.17. The van der Waals surface area contributed by atoms with Crippen LogP contribution in [0.2, 0.25) is 5.02 Å². The number of nitrogens with zero attached hydrogens (tertiary/aromatic N) is 2. The Morgan fingerprint density at radius 1 is 0.939 bits per heavy atom. The minimum Gasteiger partial charge on any atom is -0.324 e. The first-order valence-electron chi connectivity index (χ1n) is 10.9. The van der Waals surface area contributed by atoms with Crippen LogP contribution < -0.4 is 10.6 Å². The van der Waals surface area contributed by atoms with Crippen molar-refractivity contribution in [2.75, 3.05) is 11.9 Å². The zero-order chi connectivity index (χ0) is 23.2. The van der Waals surface area contributed by atoms with E-state index in [-0.39, 0.29) is 11.8 Å².